The number of allylic oxidation sites excluding steroid dienone is 4. The van der Waals surface area contributed by atoms with Gasteiger partial charge >= 0.3 is 0 Å². The molecule has 0 fully saturated rings. The molecule has 38 heavy (non-hydrogen) atoms. The summed E-state index contributed by atoms with van der Waals surface area (Å²) < 4.78 is 0. The minimum absolute atomic E-state index is 0.0523. The summed E-state index contributed by atoms with van der Waals surface area (Å²) in [5, 5.41) is 10.3. The van der Waals surface area contributed by atoms with Crippen molar-refractivity contribution in [2.45, 2.75) is 213 Å². The zero-order valence-corrected chi connectivity index (χ0v) is 26.5. The molecule has 0 aliphatic rings. The summed E-state index contributed by atoms with van der Waals surface area (Å²) >= 11 is 0. The first-order valence-electron chi connectivity index (χ1n) is 17.8. The molecule has 0 bridgehead atoms. The molecular formula is C37H72O. The van der Waals surface area contributed by atoms with Crippen molar-refractivity contribution in [3.05, 3.63) is 24.3 Å². The fourth-order valence-corrected chi connectivity index (χ4v) is 5.40. The molecule has 0 rings (SSSR count). The standard InChI is InChI=1S/C37H72O/c1-3-5-7-9-11-13-15-17-19-21-23-25-27-29-31-33-35-37(38)36-34-32-30-28-26-24-22-20-18-16-14-12-10-8-6-4-2/h17-20,37-38H,3-16,21-36H2,1-2H3. The van der Waals surface area contributed by atoms with Crippen LogP contribution in [0.25, 0.3) is 0 Å². The molecule has 0 aliphatic carbocycles. The number of aliphatic hydroxyl groups excluding tert-OH is 1. The van der Waals surface area contributed by atoms with Crippen molar-refractivity contribution in [3.63, 3.8) is 0 Å². The van der Waals surface area contributed by atoms with E-state index >= 15 is 0 Å². The van der Waals surface area contributed by atoms with Crippen LogP contribution in [0, 0.1) is 0 Å². The number of rotatable bonds is 32. The lowest BCUT2D eigenvalue weighted by atomic mass is 10.0. The Bertz CT molecular complexity index is 423. The number of aliphatic hydroxyl groups is 1. The third-order valence-corrected chi connectivity index (χ3v) is 8.10. The maximum absolute atomic E-state index is 10.3. The van der Waals surface area contributed by atoms with Crippen molar-refractivity contribution in [2.75, 3.05) is 0 Å². The molecule has 0 aromatic heterocycles. The van der Waals surface area contributed by atoms with E-state index in [4.69, 9.17) is 0 Å². The highest BCUT2D eigenvalue weighted by Crippen LogP contribution is 2.15. The lowest BCUT2D eigenvalue weighted by Crippen LogP contribution is -2.05. The van der Waals surface area contributed by atoms with E-state index < -0.39 is 0 Å². The monoisotopic (exact) mass is 533 g/mol. The summed E-state index contributed by atoms with van der Waals surface area (Å²) in [6.07, 6.45) is 49.5. The second-order valence-electron chi connectivity index (χ2n) is 12.1. The van der Waals surface area contributed by atoms with E-state index in [1.165, 1.54) is 180 Å². The molecule has 1 N–H and O–H groups in total. The maximum Gasteiger partial charge on any atom is 0.0540 e. The van der Waals surface area contributed by atoms with Crippen molar-refractivity contribution in [3.8, 4) is 0 Å². The normalized spacial score (nSPS) is 12.8. The smallest absolute Gasteiger partial charge is 0.0540 e. The van der Waals surface area contributed by atoms with Crippen LogP contribution in [0.4, 0.5) is 0 Å². The highest BCUT2D eigenvalue weighted by atomic mass is 16.3. The Morgan fingerprint density at radius 3 is 0.868 bits per heavy atom. The topological polar surface area (TPSA) is 20.2 Å². The summed E-state index contributed by atoms with van der Waals surface area (Å²) in [7, 11) is 0. The minimum Gasteiger partial charge on any atom is -0.393 e. The van der Waals surface area contributed by atoms with E-state index in [2.05, 4.69) is 38.2 Å². The quantitative estimate of drug-likeness (QED) is 0.0674. The van der Waals surface area contributed by atoms with Crippen molar-refractivity contribution in [1.29, 1.82) is 0 Å². The Morgan fingerprint density at radius 2 is 0.579 bits per heavy atom. The molecule has 0 amide bonds. The van der Waals surface area contributed by atoms with Gasteiger partial charge in [-0.25, -0.2) is 0 Å². The third-order valence-electron chi connectivity index (χ3n) is 8.10. The first-order valence-corrected chi connectivity index (χ1v) is 17.8. The van der Waals surface area contributed by atoms with Crippen LogP contribution < -0.4 is 0 Å². The van der Waals surface area contributed by atoms with Gasteiger partial charge in [0.25, 0.3) is 0 Å². The molecule has 1 heteroatoms. The van der Waals surface area contributed by atoms with Gasteiger partial charge in [-0.15, -0.1) is 0 Å². The molecule has 1 nitrogen and oxygen atoms in total. The van der Waals surface area contributed by atoms with E-state index in [0.717, 1.165) is 12.8 Å². The van der Waals surface area contributed by atoms with Gasteiger partial charge < -0.3 is 5.11 Å². The Labute approximate surface area is 241 Å². The second kappa shape index (κ2) is 34.5. The van der Waals surface area contributed by atoms with Gasteiger partial charge in [-0.2, -0.15) is 0 Å². The van der Waals surface area contributed by atoms with E-state index in [1.807, 2.05) is 0 Å². The van der Waals surface area contributed by atoms with Crippen LogP contribution in [0.1, 0.15) is 206 Å². The Kier molecular flexibility index (Phi) is 34.0. The van der Waals surface area contributed by atoms with Gasteiger partial charge in [0.15, 0.2) is 0 Å². The largest absolute Gasteiger partial charge is 0.393 e. The zero-order valence-electron chi connectivity index (χ0n) is 26.5. The van der Waals surface area contributed by atoms with Crippen molar-refractivity contribution < 1.29 is 5.11 Å². The summed E-state index contributed by atoms with van der Waals surface area (Å²) in [6, 6.07) is 0. The first-order chi connectivity index (χ1) is 18.8. The second-order valence-corrected chi connectivity index (χ2v) is 12.1. The van der Waals surface area contributed by atoms with Gasteiger partial charge in [-0.05, 0) is 64.2 Å². The van der Waals surface area contributed by atoms with E-state index in [9.17, 15) is 5.11 Å². The van der Waals surface area contributed by atoms with Gasteiger partial charge in [0.1, 0.15) is 0 Å². The van der Waals surface area contributed by atoms with Gasteiger partial charge in [-0.3, -0.25) is 0 Å². The van der Waals surface area contributed by atoms with Crippen molar-refractivity contribution in [1.82, 2.24) is 0 Å². The van der Waals surface area contributed by atoms with E-state index in [0.29, 0.717) is 0 Å². The predicted octanol–water partition coefficient (Wildman–Crippen LogP) is 13.2. The summed E-state index contributed by atoms with van der Waals surface area (Å²) in [5.41, 5.74) is 0. The molecule has 0 aliphatic heterocycles. The summed E-state index contributed by atoms with van der Waals surface area (Å²) in [5.74, 6) is 0. The van der Waals surface area contributed by atoms with Gasteiger partial charge in [0, 0.05) is 0 Å². The Balaban J connectivity index is 3.22. The summed E-state index contributed by atoms with van der Waals surface area (Å²) in [4.78, 5) is 0. The summed E-state index contributed by atoms with van der Waals surface area (Å²) in [6.45, 7) is 4.57. The molecule has 0 atom stereocenters. The maximum atomic E-state index is 10.3. The van der Waals surface area contributed by atoms with Crippen LogP contribution in [-0.4, -0.2) is 11.2 Å². The molecule has 0 unspecified atom stereocenters. The van der Waals surface area contributed by atoms with Crippen LogP contribution in [0.5, 0.6) is 0 Å². The highest BCUT2D eigenvalue weighted by molar-refractivity contribution is 4.82. The van der Waals surface area contributed by atoms with Crippen molar-refractivity contribution >= 4 is 0 Å². The molecule has 0 radical (unpaired) electrons. The van der Waals surface area contributed by atoms with Crippen molar-refractivity contribution in [2.24, 2.45) is 0 Å². The zero-order chi connectivity index (χ0) is 27.6. The first kappa shape index (κ1) is 37.4. The number of unbranched alkanes of at least 4 members (excludes halogenated alkanes) is 24. The lowest BCUT2D eigenvalue weighted by molar-refractivity contribution is 0.147. The molecule has 0 aromatic rings. The van der Waals surface area contributed by atoms with E-state index in [-0.39, 0.29) is 6.10 Å². The van der Waals surface area contributed by atoms with Gasteiger partial charge in [0.2, 0.25) is 0 Å². The molecule has 0 saturated carbocycles. The highest BCUT2D eigenvalue weighted by Gasteiger charge is 2.03. The van der Waals surface area contributed by atoms with Crippen LogP contribution >= 0.6 is 0 Å². The molecule has 0 spiro atoms. The molecule has 226 valence electrons. The van der Waals surface area contributed by atoms with Crippen LogP contribution in [0.2, 0.25) is 0 Å². The lowest BCUT2D eigenvalue weighted by Gasteiger charge is -2.10. The van der Waals surface area contributed by atoms with Crippen LogP contribution in [0.3, 0.4) is 0 Å². The van der Waals surface area contributed by atoms with Gasteiger partial charge in [-0.1, -0.05) is 167 Å². The molecular weight excluding hydrogens is 460 g/mol. The molecule has 0 saturated heterocycles. The van der Waals surface area contributed by atoms with Gasteiger partial charge in [0.05, 0.1) is 6.10 Å². The van der Waals surface area contributed by atoms with Crippen LogP contribution in [-0.2, 0) is 0 Å². The van der Waals surface area contributed by atoms with E-state index in [1.54, 1.807) is 0 Å². The Morgan fingerprint density at radius 1 is 0.342 bits per heavy atom. The molecule has 0 aromatic carbocycles. The molecule has 0 heterocycles. The average molecular weight is 533 g/mol. The fourth-order valence-electron chi connectivity index (χ4n) is 5.40. The average Bonchev–Trinajstić information content (AvgIpc) is 2.92. The SMILES string of the molecule is CCCCCCCCC=CCCCCCCCCC(O)CCCCCCCCC=CCCCCCCCC. The fraction of sp³-hybridized carbons (Fsp3) is 0.892. The number of hydrogen-bond donors (Lipinski definition) is 1. The minimum atomic E-state index is -0.0523. The Hall–Kier alpha value is -0.560. The predicted molar refractivity (Wildman–Crippen MR) is 174 cm³/mol. The third kappa shape index (κ3) is 33.5. The van der Waals surface area contributed by atoms with Crippen LogP contribution in [0.15, 0.2) is 24.3 Å². The number of hydrogen-bond acceptors (Lipinski definition) is 1.